The van der Waals surface area contributed by atoms with Gasteiger partial charge in [0.05, 0.1) is 17.7 Å². The van der Waals surface area contributed by atoms with Crippen LogP contribution < -0.4 is 5.73 Å². The van der Waals surface area contributed by atoms with Crippen molar-refractivity contribution >= 4 is 15.9 Å². The Morgan fingerprint density at radius 3 is 2.82 bits per heavy atom. The van der Waals surface area contributed by atoms with E-state index in [1.54, 1.807) is 25.3 Å². The third-order valence-electron chi connectivity index (χ3n) is 2.39. The van der Waals surface area contributed by atoms with Gasteiger partial charge in [0.2, 0.25) is 0 Å². The van der Waals surface area contributed by atoms with Gasteiger partial charge in [-0.15, -0.1) is 0 Å². The van der Waals surface area contributed by atoms with Gasteiger partial charge in [-0.3, -0.25) is 0 Å². The van der Waals surface area contributed by atoms with Crippen LogP contribution in [0.15, 0.2) is 22.7 Å². The van der Waals surface area contributed by atoms with E-state index in [0.29, 0.717) is 36.3 Å². The van der Waals surface area contributed by atoms with Gasteiger partial charge >= 0.3 is 0 Å². The van der Waals surface area contributed by atoms with E-state index in [2.05, 4.69) is 15.9 Å². The quantitative estimate of drug-likeness (QED) is 0.788. The summed E-state index contributed by atoms with van der Waals surface area (Å²) >= 11 is 3.14. The molecule has 3 nitrogen and oxygen atoms in total. The fraction of sp³-hybridized carbons (Fsp3) is 0.500. The van der Waals surface area contributed by atoms with Crippen molar-refractivity contribution in [2.24, 2.45) is 5.73 Å². The first-order valence-electron chi connectivity index (χ1n) is 5.43. The zero-order valence-corrected chi connectivity index (χ0v) is 11.4. The first-order valence-corrected chi connectivity index (χ1v) is 6.22. The summed E-state index contributed by atoms with van der Waals surface area (Å²) in [6, 6.07) is 4.77. The average Bonchev–Trinajstić information content (AvgIpc) is 2.32. The molecule has 0 bridgehead atoms. The van der Waals surface area contributed by atoms with E-state index < -0.39 is 0 Å². The predicted octanol–water partition coefficient (Wildman–Crippen LogP) is 2.64. The van der Waals surface area contributed by atoms with Crippen molar-refractivity contribution in [3.8, 4) is 0 Å². The number of rotatable bonds is 7. The second-order valence-electron chi connectivity index (χ2n) is 3.64. The van der Waals surface area contributed by atoms with Gasteiger partial charge in [-0.05, 0) is 28.4 Å². The van der Waals surface area contributed by atoms with Crippen molar-refractivity contribution in [1.29, 1.82) is 0 Å². The molecule has 1 atom stereocenters. The molecule has 1 unspecified atom stereocenters. The maximum atomic E-state index is 13.7. The Kier molecular flexibility index (Phi) is 6.65. The van der Waals surface area contributed by atoms with Crippen molar-refractivity contribution in [3.63, 3.8) is 0 Å². The van der Waals surface area contributed by atoms with Crippen molar-refractivity contribution in [2.45, 2.75) is 12.5 Å². The van der Waals surface area contributed by atoms with E-state index >= 15 is 0 Å². The number of hydrogen-bond donors (Lipinski definition) is 1. The number of benzene rings is 1. The lowest BCUT2D eigenvalue weighted by Gasteiger charge is -2.13. The zero-order valence-electron chi connectivity index (χ0n) is 9.79. The molecule has 0 saturated carbocycles. The van der Waals surface area contributed by atoms with E-state index in [-0.39, 0.29) is 11.9 Å². The predicted molar refractivity (Wildman–Crippen MR) is 68.3 cm³/mol. The molecular formula is C12H17BrFNO2. The molecule has 1 rings (SSSR count). The summed E-state index contributed by atoms with van der Waals surface area (Å²) in [5, 5.41) is 0. The van der Waals surface area contributed by atoms with Gasteiger partial charge in [0.25, 0.3) is 0 Å². The second-order valence-corrected chi connectivity index (χ2v) is 4.50. The van der Waals surface area contributed by atoms with Gasteiger partial charge < -0.3 is 15.2 Å². The molecule has 0 saturated heterocycles. The van der Waals surface area contributed by atoms with Crippen LogP contribution in [0.3, 0.4) is 0 Å². The number of hydrogen-bond acceptors (Lipinski definition) is 3. The van der Waals surface area contributed by atoms with Crippen LogP contribution in [0.25, 0.3) is 0 Å². The van der Waals surface area contributed by atoms with Gasteiger partial charge in [-0.2, -0.15) is 0 Å². The molecule has 17 heavy (non-hydrogen) atoms. The Balaban J connectivity index is 2.41. The minimum atomic E-state index is -0.352. The van der Waals surface area contributed by atoms with Crippen LogP contribution in [0.1, 0.15) is 18.0 Å². The Morgan fingerprint density at radius 1 is 1.35 bits per heavy atom. The van der Waals surface area contributed by atoms with Gasteiger partial charge in [0.15, 0.2) is 0 Å². The number of nitrogens with two attached hydrogens (primary N) is 1. The van der Waals surface area contributed by atoms with Crippen molar-refractivity contribution < 1.29 is 13.9 Å². The highest BCUT2D eigenvalue weighted by molar-refractivity contribution is 9.10. The van der Waals surface area contributed by atoms with Crippen LogP contribution in [-0.4, -0.2) is 26.9 Å². The van der Waals surface area contributed by atoms with Gasteiger partial charge in [0, 0.05) is 25.3 Å². The smallest absolute Gasteiger partial charge is 0.142 e. The maximum absolute atomic E-state index is 13.7. The van der Waals surface area contributed by atoms with Gasteiger partial charge in [0.1, 0.15) is 5.82 Å². The van der Waals surface area contributed by atoms with Crippen molar-refractivity contribution in [1.82, 2.24) is 0 Å². The van der Waals surface area contributed by atoms with Crippen LogP contribution in [0, 0.1) is 5.82 Å². The summed E-state index contributed by atoms with van der Waals surface area (Å²) in [5.74, 6) is -0.295. The molecule has 0 amide bonds. The fourth-order valence-corrected chi connectivity index (χ4v) is 1.80. The van der Waals surface area contributed by atoms with Crippen molar-refractivity contribution in [2.75, 3.05) is 26.9 Å². The molecule has 0 spiro atoms. The Bertz CT molecular complexity index is 349. The molecule has 96 valence electrons. The average molecular weight is 306 g/mol. The minimum absolute atomic E-state index is 0.295. The first kappa shape index (κ1) is 14.6. The lowest BCUT2D eigenvalue weighted by molar-refractivity contribution is 0.0671. The molecule has 0 fully saturated rings. The zero-order chi connectivity index (χ0) is 12.7. The van der Waals surface area contributed by atoms with Crippen LogP contribution >= 0.6 is 15.9 Å². The molecule has 0 heterocycles. The fourth-order valence-electron chi connectivity index (χ4n) is 1.42. The Hall–Kier alpha value is -0.490. The number of methoxy groups -OCH3 is 1. The molecule has 0 aliphatic heterocycles. The van der Waals surface area contributed by atoms with Gasteiger partial charge in [-0.25, -0.2) is 4.39 Å². The Labute approximate surface area is 109 Å². The lowest BCUT2D eigenvalue weighted by atomic mass is 10.0. The van der Waals surface area contributed by atoms with Gasteiger partial charge in [-0.1, -0.05) is 12.1 Å². The summed E-state index contributed by atoms with van der Waals surface area (Å²) in [7, 11) is 1.62. The minimum Gasteiger partial charge on any atom is -0.382 e. The molecule has 5 heteroatoms. The molecule has 0 aliphatic carbocycles. The molecular weight excluding hydrogens is 289 g/mol. The first-order chi connectivity index (χ1) is 8.16. The van der Waals surface area contributed by atoms with Crippen LogP contribution in [0.4, 0.5) is 4.39 Å². The van der Waals surface area contributed by atoms with E-state index in [4.69, 9.17) is 15.2 Å². The van der Waals surface area contributed by atoms with Crippen LogP contribution in [-0.2, 0) is 9.47 Å². The largest absolute Gasteiger partial charge is 0.382 e. The summed E-state index contributed by atoms with van der Waals surface area (Å²) < 4.78 is 24.3. The van der Waals surface area contributed by atoms with Crippen LogP contribution in [0.2, 0.25) is 0 Å². The third kappa shape index (κ3) is 4.71. The summed E-state index contributed by atoms with van der Waals surface area (Å²) in [6.07, 6.45) is 0.580. The monoisotopic (exact) mass is 305 g/mol. The highest BCUT2D eigenvalue weighted by atomic mass is 79.9. The van der Waals surface area contributed by atoms with E-state index in [1.807, 2.05) is 0 Å². The maximum Gasteiger partial charge on any atom is 0.142 e. The number of ether oxygens (including phenoxy) is 2. The molecule has 1 aromatic carbocycles. The molecule has 0 aliphatic rings. The molecule has 2 N–H and O–H groups in total. The lowest BCUT2D eigenvalue weighted by Crippen LogP contribution is -2.15. The highest BCUT2D eigenvalue weighted by Crippen LogP contribution is 2.24. The summed E-state index contributed by atoms with van der Waals surface area (Å²) in [6.45, 7) is 1.58. The second kappa shape index (κ2) is 7.76. The van der Waals surface area contributed by atoms with E-state index in [9.17, 15) is 4.39 Å². The van der Waals surface area contributed by atoms with Crippen molar-refractivity contribution in [3.05, 3.63) is 34.1 Å². The normalized spacial score (nSPS) is 12.7. The topological polar surface area (TPSA) is 44.5 Å². The van der Waals surface area contributed by atoms with E-state index in [0.717, 1.165) is 0 Å². The standard InChI is InChI=1S/C12H17BrFNO2/c1-16-7-8-17-6-5-11(15)9-3-2-4-10(13)12(9)14/h2-4,11H,5-8,15H2,1H3. The third-order valence-corrected chi connectivity index (χ3v) is 3.00. The molecule has 0 aromatic heterocycles. The summed E-state index contributed by atoms with van der Waals surface area (Å²) in [4.78, 5) is 0. The molecule has 1 aromatic rings. The Morgan fingerprint density at radius 2 is 2.12 bits per heavy atom. The van der Waals surface area contributed by atoms with E-state index in [1.165, 1.54) is 0 Å². The number of halogens is 2. The highest BCUT2D eigenvalue weighted by Gasteiger charge is 2.13. The molecule has 0 radical (unpaired) electrons. The van der Waals surface area contributed by atoms with Crippen LogP contribution in [0.5, 0.6) is 0 Å². The summed E-state index contributed by atoms with van der Waals surface area (Å²) in [5.41, 5.74) is 6.42. The SMILES string of the molecule is COCCOCCC(N)c1cccc(Br)c1F.